The van der Waals surface area contributed by atoms with E-state index >= 15 is 0 Å². The Labute approximate surface area is 116 Å². The Balaban J connectivity index is 2.34. The van der Waals surface area contributed by atoms with Gasteiger partial charge in [0.1, 0.15) is 12.7 Å². The number of hydrogen-bond acceptors (Lipinski definition) is 5. The molecule has 0 fully saturated rings. The van der Waals surface area contributed by atoms with Crippen LogP contribution in [0.4, 0.5) is 5.82 Å². The fourth-order valence-electron chi connectivity index (χ4n) is 1.86. The summed E-state index contributed by atoms with van der Waals surface area (Å²) in [6, 6.07) is 0. The van der Waals surface area contributed by atoms with E-state index in [0.29, 0.717) is 29.8 Å². The van der Waals surface area contributed by atoms with E-state index in [1.807, 2.05) is 13.8 Å². The highest BCUT2D eigenvalue weighted by Crippen LogP contribution is 2.18. The van der Waals surface area contributed by atoms with Gasteiger partial charge in [-0.25, -0.2) is 15.0 Å². The van der Waals surface area contributed by atoms with Crippen molar-refractivity contribution in [3.05, 3.63) is 12.7 Å². The van der Waals surface area contributed by atoms with E-state index in [9.17, 15) is 9.59 Å². The van der Waals surface area contributed by atoms with Crippen LogP contribution in [-0.2, 0) is 4.79 Å². The van der Waals surface area contributed by atoms with E-state index in [2.05, 4.69) is 20.3 Å². The van der Waals surface area contributed by atoms with Gasteiger partial charge in [0.15, 0.2) is 17.0 Å². The molecule has 2 heterocycles. The minimum atomic E-state index is -0.123. The molecule has 0 bridgehead atoms. The summed E-state index contributed by atoms with van der Waals surface area (Å²) in [5.74, 6) is 0.151. The number of nitrogens with zero attached hydrogens (tertiary/aromatic N) is 4. The van der Waals surface area contributed by atoms with Crippen molar-refractivity contribution in [1.29, 1.82) is 0 Å². The van der Waals surface area contributed by atoms with Gasteiger partial charge < -0.3 is 5.32 Å². The van der Waals surface area contributed by atoms with Gasteiger partial charge in [-0.15, -0.1) is 0 Å². The zero-order chi connectivity index (χ0) is 14.5. The Morgan fingerprint density at radius 3 is 2.60 bits per heavy atom. The predicted octanol–water partition coefficient (Wildman–Crippen LogP) is 2.01. The molecule has 0 aromatic carbocycles. The number of imidazole rings is 1. The van der Waals surface area contributed by atoms with E-state index in [1.54, 1.807) is 0 Å². The quantitative estimate of drug-likeness (QED) is 0.901. The summed E-state index contributed by atoms with van der Waals surface area (Å²) < 4.78 is 1.40. The molecule has 0 radical (unpaired) electrons. The van der Waals surface area contributed by atoms with Crippen LogP contribution >= 0.6 is 0 Å². The van der Waals surface area contributed by atoms with E-state index in [-0.39, 0.29) is 11.8 Å². The number of rotatable bonds is 5. The smallest absolute Gasteiger partial charge is 0.233 e. The van der Waals surface area contributed by atoms with Crippen molar-refractivity contribution >= 4 is 28.8 Å². The third-order valence-corrected chi connectivity index (χ3v) is 2.80. The van der Waals surface area contributed by atoms with Crippen molar-refractivity contribution in [3.8, 4) is 0 Å². The first-order chi connectivity index (χ1) is 9.67. The summed E-state index contributed by atoms with van der Waals surface area (Å²) >= 11 is 0. The topological polar surface area (TPSA) is 89.8 Å². The minimum absolute atomic E-state index is 0.0699. The van der Waals surface area contributed by atoms with Crippen molar-refractivity contribution < 1.29 is 9.59 Å². The number of amides is 1. The van der Waals surface area contributed by atoms with Gasteiger partial charge in [0.05, 0.1) is 0 Å². The van der Waals surface area contributed by atoms with E-state index in [1.165, 1.54) is 17.2 Å². The van der Waals surface area contributed by atoms with Crippen LogP contribution in [0.3, 0.4) is 0 Å². The average molecular weight is 275 g/mol. The molecule has 0 aliphatic heterocycles. The molecule has 0 spiro atoms. The highest BCUT2D eigenvalue weighted by Gasteiger charge is 2.15. The van der Waals surface area contributed by atoms with Crippen molar-refractivity contribution in [3.63, 3.8) is 0 Å². The molecule has 0 unspecified atom stereocenters. The van der Waals surface area contributed by atoms with Crippen LogP contribution in [0, 0.1) is 0 Å². The number of aromatic nitrogens is 4. The maximum absolute atomic E-state index is 11.9. The van der Waals surface area contributed by atoms with Crippen LogP contribution < -0.4 is 5.32 Å². The molecule has 0 saturated heterocycles. The van der Waals surface area contributed by atoms with E-state index < -0.39 is 0 Å². The minimum Gasteiger partial charge on any atom is -0.309 e. The SMILES string of the molecule is CCCC(=O)Nc1ncnc2c1ncn2C(=O)CCC. The van der Waals surface area contributed by atoms with Gasteiger partial charge in [0.2, 0.25) is 11.8 Å². The molecular weight excluding hydrogens is 258 g/mol. The molecule has 2 aromatic rings. The van der Waals surface area contributed by atoms with Crippen molar-refractivity contribution in [2.24, 2.45) is 0 Å². The molecule has 7 nitrogen and oxygen atoms in total. The van der Waals surface area contributed by atoms with Crippen LogP contribution in [0.15, 0.2) is 12.7 Å². The van der Waals surface area contributed by atoms with E-state index in [0.717, 1.165) is 12.8 Å². The molecule has 0 aliphatic rings. The summed E-state index contributed by atoms with van der Waals surface area (Å²) in [4.78, 5) is 35.8. The number of nitrogens with one attached hydrogen (secondary N) is 1. The Bertz CT molecular complexity index is 635. The number of anilines is 1. The molecule has 1 amide bonds. The molecule has 2 aromatic heterocycles. The van der Waals surface area contributed by atoms with Crippen LogP contribution in [0.25, 0.3) is 11.2 Å². The molecule has 0 saturated carbocycles. The van der Waals surface area contributed by atoms with Crippen molar-refractivity contribution in [1.82, 2.24) is 19.5 Å². The van der Waals surface area contributed by atoms with Gasteiger partial charge in [-0.1, -0.05) is 13.8 Å². The summed E-state index contributed by atoms with van der Waals surface area (Å²) in [6.07, 6.45) is 5.09. The van der Waals surface area contributed by atoms with Crippen molar-refractivity contribution in [2.75, 3.05) is 5.32 Å². The van der Waals surface area contributed by atoms with Crippen LogP contribution in [0.1, 0.15) is 44.3 Å². The maximum atomic E-state index is 11.9. The first-order valence-electron chi connectivity index (χ1n) is 6.68. The summed E-state index contributed by atoms with van der Waals surface area (Å²) in [7, 11) is 0. The molecule has 2 rings (SSSR count). The molecule has 0 atom stereocenters. The number of fused-ring (bicyclic) bond motifs is 1. The van der Waals surface area contributed by atoms with Crippen LogP contribution in [-0.4, -0.2) is 31.3 Å². The third kappa shape index (κ3) is 2.81. The van der Waals surface area contributed by atoms with Crippen molar-refractivity contribution in [2.45, 2.75) is 39.5 Å². The first kappa shape index (κ1) is 14.1. The summed E-state index contributed by atoms with van der Waals surface area (Å²) in [5, 5.41) is 2.69. The van der Waals surface area contributed by atoms with Gasteiger partial charge in [-0.05, 0) is 12.8 Å². The fraction of sp³-hybridized carbons (Fsp3) is 0.462. The van der Waals surface area contributed by atoms with Gasteiger partial charge >= 0.3 is 0 Å². The summed E-state index contributed by atoms with van der Waals surface area (Å²) in [5.41, 5.74) is 0.853. The van der Waals surface area contributed by atoms with Gasteiger partial charge in [-0.3, -0.25) is 14.2 Å². The normalized spacial score (nSPS) is 10.7. The molecule has 1 N–H and O–H groups in total. The molecule has 7 heteroatoms. The lowest BCUT2D eigenvalue weighted by Gasteiger charge is -2.04. The largest absolute Gasteiger partial charge is 0.309 e. The number of carbonyl (C=O) groups excluding carboxylic acids is 2. The molecule has 20 heavy (non-hydrogen) atoms. The predicted molar refractivity (Wildman–Crippen MR) is 74.4 cm³/mol. The van der Waals surface area contributed by atoms with Crippen LogP contribution in [0.5, 0.6) is 0 Å². The second-order valence-corrected chi connectivity index (χ2v) is 4.45. The fourth-order valence-corrected chi connectivity index (χ4v) is 1.86. The van der Waals surface area contributed by atoms with Gasteiger partial charge in [-0.2, -0.15) is 0 Å². The zero-order valence-electron chi connectivity index (χ0n) is 11.6. The number of carbonyl (C=O) groups is 2. The summed E-state index contributed by atoms with van der Waals surface area (Å²) in [6.45, 7) is 3.86. The van der Waals surface area contributed by atoms with Crippen LogP contribution in [0.2, 0.25) is 0 Å². The van der Waals surface area contributed by atoms with Gasteiger partial charge in [0, 0.05) is 12.8 Å². The highest BCUT2D eigenvalue weighted by atomic mass is 16.2. The zero-order valence-corrected chi connectivity index (χ0v) is 11.6. The molecular formula is C13H17N5O2. The maximum Gasteiger partial charge on any atom is 0.233 e. The lowest BCUT2D eigenvalue weighted by molar-refractivity contribution is -0.116. The Kier molecular flexibility index (Phi) is 4.39. The highest BCUT2D eigenvalue weighted by molar-refractivity contribution is 5.98. The second-order valence-electron chi connectivity index (χ2n) is 4.45. The average Bonchev–Trinajstić information content (AvgIpc) is 2.84. The number of hydrogen-bond donors (Lipinski definition) is 1. The van der Waals surface area contributed by atoms with Gasteiger partial charge in [0.25, 0.3) is 0 Å². The first-order valence-corrected chi connectivity index (χ1v) is 6.68. The Morgan fingerprint density at radius 2 is 1.90 bits per heavy atom. The lowest BCUT2D eigenvalue weighted by atomic mass is 10.3. The monoisotopic (exact) mass is 275 g/mol. The Hall–Kier alpha value is -2.31. The third-order valence-electron chi connectivity index (χ3n) is 2.80. The lowest BCUT2D eigenvalue weighted by Crippen LogP contribution is -2.13. The second kappa shape index (κ2) is 6.23. The van der Waals surface area contributed by atoms with E-state index in [4.69, 9.17) is 0 Å². The molecule has 0 aliphatic carbocycles. The Morgan fingerprint density at radius 1 is 1.15 bits per heavy atom. The molecule has 106 valence electrons. The standard InChI is InChI=1S/C13H17N5O2/c1-3-5-9(19)17-12-11-13(15-7-14-12)18(8-16-11)10(20)6-4-2/h7-8H,3-6H2,1-2H3,(H,14,15,17,19).